The molecule has 0 radical (unpaired) electrons. The summed E-state index contributed by atoms with van der Waals surface area (Å²) < 4.78 is 10.9. The minimum absolute atomic E-state index is 0.151. The van der Waals surface area contributed by atoms with E-state index in [9.17, 15) is 9.59 Å². The Labute approximate surface area is 187 Å². The molecule has 7 heteroatoms. The Balaban J connectivity index is 1.23. The van der Waals surface area contributed by atoms with Crippen LogP contribution in [0.5, 0.6) is 5.75 Å². The first kappa shape index (κ1) is 21.6. The van der Waals surface area contributed by atoms with E-state index >= 15 is 0 Å². The van der Waals surface area contributed by atoms with Crippen molar-refractivity contribution in [2.75, 3.05) is 11.9 Å². The molecule has 1 fully saturated rings. The summed E-state index contributed by atoms with van der Waals surface area (Å²) in [5.41, 5.74) is 1.53. The molecule has 2 amide bonds. The summed E-state index contributed by atoms with van der Waals surface area (Å²) in [6, 6.07) is 17.7. The van der Waals surface area contributed by atoms with Crippen LogP contribution in [-0.4, -0.2) is 23.5 Å². The molecule has 2 N–H and O–H groups in total. The summed E-state index contributed by atoms with van der Waals surface area (Å²) in [5.74, 6) is 1.25. The second-order valence-corrected chi connectivity index (χ2v) is 8.03. The number of rotatable bonds is 8. The monoisotopic (exact) mass is 433 g/mol. The lowest BCUT2D eigenvalue weighted by molar-refractivity contribution is 0.0933. The number of benzene rings is 2. The molecule has 0 unspecified atom stereocenters. The predicted molar refractivity (Wildman–Crippen MR) is 121 cm³/mol. The third-order valence-electron chi connectivity index (χ3n) is 5.60. The van der Waals surface area contributed by atoms with Gasteiger partial charge in [-0.2, -0.15) is 0 Å². The van der Waals surface area contributed by atoms with Gasteiger partial charge in [-0.25, -0.2) is 0 Å². The molecule has 2 aromatic carbocycles. The Morgan fingerprint density at radius 3 is 2.47 bits per heavy atom. The van der Waals surface area contributed by atoms with Crippen LogP contribution >= 0.6 is 0 Å². The molecule has 0 bridgehead atoms. The number of carbonyl (C=O) groups excluding carboxylic acids is 2. The lowest BCUT2D eigenvalue weighted by Crippen LogP contribution is -2.30. The fourth-order valence-corrected chi connectivity index (χ4v) is 3.79. The van der Waals surface area contributed by atoms with Gasteiger partial charge >= 0.3 is 0 Å². The SMILES string of the molecule is O=C(Nc1ccc(OCc2cc(C(=O)NCC3CCCCC3)no2)cc1)c1ccccc1. The second kappa shape index (κ2) is 10.6. The van der Waals surface area contributed by atoms with Crippen LogP contribution in [0, 0.1) is 5.92 Å². The maximum atomic E-state index is 12.3. The van der Waals surface area contributed by atoms with Crippen molar-refractivity contribution in [1.82, 2.24) is 10.5 Å². The first-order chi connectivity index (χ1) is 15.7. The molecule has 0 atom stereocenters. The van der Waals surface area contributed by atoms with Gasteiger partial charge in [-0.05, 0) is 55.2 Å². The molecule has 1 saturated carbocycles. The van der Waals surface area contributed by atoms with E-state index < -0.39 is 0 Å². The molecular weight excluding hydrogens is 406 g/mol. The highest BCUT2D eigenvalue weighted by Crippen LogP contribution is 2.23. The Kier molecular flexibility index (Phi) is 7.17. The van der Waals surface area contributed by atoms with E-state index in [0.717, 1.165) is 0 Å². The van der Waals surface area contributed by atoms with Crippen molar-refractivity contribution >= 4 is 17.5 Å². The van der Waals surface area contributed by atoms with Crippen LogP contribution in [0.25, 0.3) is 0 Å². The Morgan fingerprint density at radius 2 is 1.72 bits per heavy atom. The highest BCUT2D eigenvalue weighted by Gasteiger charge is 2.17. The fraction of sp³-hybridized carbons (Fsp3) is 0.320. The molecule has 0 saturated heterocycles. The number of aromatic nitrogens is 1. The predicted octanol–water partition coefficient (Wildman–Crippen LogP) is 4.82. The average molecular weight is 434 g/mol. The van der Waals surface area contributed by atoms with Crippen LogP contribution in [0.4, 0.5) is 5.69 Å². The quantitative estimate of drug-likeness (QED) is 0.531. The maximum Gasteiger partial charge on any atom is 0.273 e. The van der Waals surface area contributed by atoms with Crippen molar-refractivity contribution in [2.24, 2.45) is 5.92 Å². The van der Waals surface area contributed by atoms with Crippen molar-refractivity contribution in [2.45, 2.75) is 38.7 Å². The van der Waals surface area contributed by atoms with Crippen LogP contribution in [0.1, 0.15) is 58.7 Å². The number of nitrogens with one attached hydrogen (secondary N) is 2. The van der Waals surface area contributed by atoms with Crippen LogP contribution < -0.4 is 15.4 Å². The highest BCUT2D eigenvalue weighted by atomic mass is 16.5. The minimum atomic E-state index is -0.218. The Hall–Kier alpha value is -3.61. The summed E-state index contributed by atoms with van der Waals surface area (Å²) >= 11 is 0. The topological polar surface area (TPSA) is 93.5 Å². The number of hydrogen-bond donors (Lipinski definition) is 2. The van der Waals surface area contributed by atoms with E-state index in [0.29, 0.717) is 35.2 Å². The van der Waals surface area contributed by atoms with Gasteiger partial charge in [0, 0.05) is 23.9 Å². The normalized spacial score (nSPS) is 14.0. The fourth-order valence-electron chi connectivity index (χ4n) is 3.79. The van der Waals surface area contributed by atoms with Crippen molar-refractivity contribution in [3.63, 3.8) is 0 Å². The summed E-state index contributed by atoms with van der Waals surface area (Å²) in [4.78, 5) is 24.5. The molecule has 166 valence electrons. The van der Waals surface area contributed by atoms with E-state index in [2.05, 4.69) is 15.8 Å². The summed E-state index contributed by atoms with van der Waals surface area (Å²) in [7, 11) is 0. The van der Waals surface area contributed by atoms with Crippen molar-refractivity contribution < 1.29 is 18.8 Å². The van der Waals surface area contributed by atoms with E-state index in [-0.39, 0.29) is 24.1 Å². The first-order valence-corrected chi connectivity index (χ1v) is 11.0. The molecule has 3 aromatic rings. The number of anilines is 1. The maximum absolute atomic E-state index is 12.3. The third-order valence-corrected chi connectivity index (χ3v) is 5.60. The molecule has 1 heterocycles. The van der Waals surface area contributed by atoms with E-state index in [1.54, 1.807) is 42.5 Å². The summed E-state index contributed by atoms with van der Waals surface area (Å²) in [6.07, 6.45) is 6.13. The van der Waals surface area contributed by atoms with Crippen LogP contribution in [-0.2, 0) is 6.61 Å². The second-order valence-electron chi connectivity index (χ2n) is 8.03. The standard InChI is InChI=1S/C25H27N3O4/c29-24(19-9-5-2-6-10-19)27-20-11-13-21(14-12-20)31-17-22-15-23(28-32-22)25(30)26-16-18-7-3-1-4-8-18/h2,5-6,9-15,18H,1,3-4,7-8,16-17H2,(H,26,30)(H,27,29). The lowest BCUT2D eigenvalue weighted by Gasteiger charge is -2.21. The van der Waals surface area contributed by atoms with Gasteiger partial charge in [-0.15, -0.1) is 0 Å². The van der Waals surface area contributed by atoms with Gasteiger partial charge in [0.05, 0.1) is 0 Å². The Bertz CT molecular complexity index is 1020. The largest absolute Gasteiger partial charge is 0.486 e. The zero-order chi connectivity index (χ0) is 22.2. The molecule has 0 spiro atoms. The minimum Gasteiger partial charge on any atom is -0.486 e. The first-order valence-electron chi connectivity index (χ1n) is 11.0. The number of hydrogen-bond acceptors (Lipinski definition) is 5. The highest BCUT2D eigenvalue weighted by molar-refractivity contribution is 6.04. The van der Waals surface area contributed by atoms with Crippen LogP contribution in [0.2, 0.25) is 0 Å². The number of carbonyl (C=O) groups is 2. The molecule has 1 aliphatic rings. The van der Waals surface area contributed by atoms with E-state index in [1.807, 2.05) is 18.2 Å². The number of amides is 2. The lowest BCUT2D eigenvalue weighted by atomic mass is 9.89. The van der Waals surface area contributed by atoms with Crippen molar-refractivity contribution in [1.29, 1.82) is 0 Å². The zero-order valence-corrected chi connectivity index (χ0v) is 17.9. The zero-order valence-electron chi connectivity index (χ0n) is 17.9. The van der Waals surface area contributed by atoms with Gasteiger partial charge in [0.25, 0.3) is 11.8 Å². The number of nitrogens with zero attached hydrogens (tertiary/aromatic N) is 1. The molecule has 4 rings (SSSR count). The number of ether oxygens (including phenoxy) is 1. The van der Waals surface area contributed by atoms with Crippen molar-refractivity contribution in [3.05, 3.63) is 77.7 Å². The van der Waals surface area contributed by atoms with E-state index in [4.69, 9.17) is 9.26 Å². The third kappa shape index (κ3) is 5.97. The van der Waals surface area contributed by atoms with Gasteiger partial charge in [-0.3, -0.25) is 9.59 Å². The van der Waals surface area contributed by atoms with Gasteiger partial charge in [0.1, 0.15) is 12.4 Å². The summed E-state index contributed by atoms with van der Waals surface area (Å²) in [5, 5.41) is 9.65. The molecule has 0 aliphatic heterocycles. The van der Waals surface area contributed by atoms with Crippen molar-refractivity contribution in [3.8, 4) is 5.75 Å². The van der Waals surface area contributed by atoms with Gasteiger partial charge < -0.3 is 19.9 Å². The molecule has 1 aromatic heterocycles. The Morgan fingerprint density at radius 1 is 0.969 bits per heavy atom. The van der Waals surface area contributed by atoms with Crippen LogP contribution in [0.3, 0.4) is 0 Å². The molecule has 1 aliphatic carbocycles. The van der Waals surface area contributed by atoms with E-state index in [1.165, 1.54) is 32.1 Å². The molecule has 32 heavy (non-hydrogen) atoms. The van der Waals surface area contributed by atoms with Gasteiger partial charge in [-0.1, -0.05) is 42.6 Å². The summed E-state index contributed by atoms with van der Waals surface area (Å²) in [6.45, 7) is 0.837. The van der Waals surface area contributed by atoms with Crippen LogP contribution in [0.15, 0.2) is 65.2 Å². The van der Waals surface area contributed by atoms with Gasteiger partial charge in [0.15, 0.2) is 11.5 Å². The molecule has 7 nitrogen and oxygen atoms in total. The average Bonchev–Trinajstić information content (AvgIpc) is 3.32. The smallest absolute Gasteiger partial charge is 0.273 e. The van der Waals surface area contributed by atoms with Gasteiger partial charge in [0.2, 0.25) is 0 Å². The molecular formula is C25H27N3O4.